The van der Waals surface area contributed by atoms with Gasteiger partial charge in [0.1, 0.15) is 0 Å². The van der Waals surface area contributed by atoms with Crippen LogP contribution in [-0.4, -0.2) is 0 Å². The van der Waals surface area contributed by atoms with Crippen LogP contribution in [0.15, 0.2) is 12.2 Å². The van der Waals surface area contributed by atoms with Gasteiger partial charge < -0.3 is 0 Å². The van der Waals surface area contributed by atoms with Crippen LogP contribution >= 0.6 is 0 Å². The Kier molecular flexibility index (Phi) is 2.32. The van der Waals surface area contributed by atoms with Gasteiger partial charge in [0.25, 0.3) is 0 Å². The Bertz CT molecular complexity index is 103. The average molecular weight is 124 g/mol. The average Bonchev–Trinajstić information content (AvgIpc) is 2.18. The minimum atomic E-state index is 0.898. The molecule has 0 heterocycles. The predicted molar refractivity (Wildman–Crippen MR) is 41.3 cm³/mol. The summed E-state index contributed by atoms with van der Waals surface area (Å²) >= 11 is 0. The molecule has 9 heavy (non-hydrogen) atoms. The van der Waals surface area contributed by atoms with Gasteiger partial charge in [-0.15, -0.1) is 0 Å². The lowest BCUT2D eigenvalue weighted by Gasteiger charge is -2.07. The monoisotopic (exact) mass is 124 g/mol. The lowest BCUT2D eigenvalue weighted by molar-refractivity contribution is 0.503. The number of rotatable bonds is 1. The maximum Gasteiger partial charge on any atom is -0.0208 e. The van der Waals surface area contributed by atoms with E-state index in [0.717, 1.165) is 11.8 Å². The van der Waals surface area contributed by atoms with E-state index < -0.39 is 0 Å². The van der Waals surface area contributed by atoms with Gasteiger partial charge in [0.2, 0.25) is 0 Å². The summed E-state index contributed by atoms with van der Waals surface area (Å²) in [4.78, 5) is 0. The molecule has 0 aromatic carbocycles. The smallest absolute Gasteiger partial charge is 0.0208 e. The molecular weight excluding hydrogens is 108 g/mol. The molecule has 2 atom stereocenters. The van der Waals surface area contributed by atoms with E-state index in [4.69, 9.17) is 0 Å². The highest BCUT2D eigenvalue weighted by atomic mass is 14.2. The summed E-state index contributed by atoms with van der Waals surface area (Å²) in [6.45, 7) is 4.47. The maximum atomic E-state index is 2.36. The molecule has 1 saturated carbocycles. The molecule has 0 spiro atoms. The van der Waals surface area contributed by atoms with Crippen molar-refractivity contribution in [2.45, 2.75) is 33.1 Å². The van der Waals surface area contributed by atoms with E-state index in [0.29, 0.717) is 0 Å². The molecule has 0 bridgehead atoms. The van der Waals surface area contributed by atoms with Crippen molar-refractivity contribution >= 4 is 0 Å². The second-order valence-corrected chi connectivity index (χ2v) is 3.10. The van der Waals surface area contributed by atoms with Crippen LogP contribution in [0.1, 0.15) is 33.1 Å². The molecule has 1 aliphatic carbocycles. The van der Waals surface area contributed by atoms with Gasteiger partial charge >= 0.3 is 0 Å². The van der Waals surface area contributed by atoms with Gasteiger partial charge in [0, 0.05) is 0 Å². The fraction of sp³-hybridized carbons (Fsp3) is 0.778. The summed E-state index contributed by atoms with van der Waals surface area (Å²) in [7, 11) is 0. The zero-order valence-electron chi connectivity index (χ0n) is 6.43. The molecule has 0 unspecified atom stereocenters. The molecule has 1 fully saturated rings. The quantitative estimate of drug-likeness (QED) is 0.471. The molecule has 1 aliphatic rings. The molecule has 0 aromatic rings. The van der Waals surface area contributed by atoms with Gasteiger partial charge in [0.15, 0.2) is 0 Å². The van der Waals surface area contributed by atoms with Crippen LogP contribution in [0.3, 0.4) is 0 Å². The van der Waals surface area contributed by atoms with E-state index >= 15 is 0 Å². The molecule has 1 rings (SSSR count). The van der Waals surface area contributed by atoms with Gasteiger partial charge in [-0.25, -0.2) is 0 Å². The first-order chi connectivity index (χ1) is 4.34. The van der Waals surface area contributed by atoms with E-state index in [2.05, 4.69) is 26.0 Å². The number of hydrogen-bond acceptors (Lipinski definition) is 0. The third-order valence-corrected chi connectivity index (χ3v) is 2.37. The van der Waals surface area contributed by atoms with Gasteiger partial charge in [-0.05, 0) is 25.2 Å². The predicted octanol–water partition coefficient (Wildman–Crippen LogP) is 3.00. The maximum absolute atomic E-state index is 2.36. The third kappa shape index (κ3) is 1.57. The first-order valence-corrected chi connectivity index (χ1v) is 3.97. The molecule has 0 N–H and O–H groups in total. The van der Waals surface area contributed by atoms with Gasteiger partial charge in [-0.2, -0.15) is 0 Å². The summed E-state index contributed by atoms with van der Waals surface area (Å²) in [5, 5.41) is 0. The fourth-order valence-corrected chi connectivity index (χ4v) is 1.71. The Balaban J connectivity index is 2.39. The molecule has 0 saturated heterocycles. The normalized spacial score (nSPS) is 36.2. The summed E-state index contributed by atoms with van der Waals surface area (Å²) in [6.07, 6.45) is 8.85. The first-order valence-electron chi connectivity index (χ1n) is 3.97. The van der Waals surface area contributed by atoms with E-state index in [1.807, 2.05) is 0 Å². The van der Waals surface area contributed by atoms with Crippen molar-refractivity contribution in [1.82, 2.24) is 0 Å². The van der Waals surface area contributed by atoms with Crippen molar-refractivity contribution in [3.05, 3.63) is 12.2 Å². The summed E-state index contributed by atoms with van der Waals surface area (Å²) in [5.41, 5.74) is 0. The molecule has 52 valence electrons. The van der Waals surface area contributed by atoms with Crippen molar-refractivity contribution < 1.29 is 0 Å². The Morgan fingerprint density at radius 1 is 1.33 bits per heavy atom. The summed E-state index contributed by atoms with van der Waals surface area (Å²) in [5.74, 6) is 1.84. The molecule has 0 aliphatic heterocycles. The minimum Gasteiger partial charge on any atom is -0.0914 e. The zero-order chi connectivity index (χ0) is 6.69. The standard InChI is InChI=1S/C9H16/c1-3-5-9-7-4-6-8(9)2/h3,5,8-9H,4,6-7H2,1-2H3/b5-3-/t8-,9+/m1/s1. The summed E-state index contributed by atoms with van der Waals surface area (Å²) in [6, 6.07) is 0. The molecule has 0 radical (unpaired) electrons. The third-order valence-electron chi connectivity index (χ3n) is 2.37. The van der Waals surface area contributed by atoms with Crippen molar-refractivity contribution in [2.24, 2.45) is 11.8 Å². The van der Waals surface area contributed by atoms with Crippen LogP contribution in [0, 0.1) is 11.8 Å². The molecule has 0 nitrogen and oxygen atoms in total. The van der Waals surface area contributed by atoms with Gasteiger partial charge in [-0.3, -0.25) is 0 Å². The first kappa shape index (κ1) is 6.85. The van der Waals surface area contributed by atoms with E-state index in [1.165, 1.54) is 19.3 Å². The second-order valence-electron chi connectivity index (χ2n) is 3.10. The topological polar surface area (TPSA) is 0 Å². The highest BCUT2D eigenvalue weighted by molar-refractivity contribution is 4.91. The Labute approximate surface area is 58.0 Å². The Morgan fingerprint density at radius 3 is 2.56 bits per heavy atom. The van der Waals surface area contributed by atoms with Crippen LogP contribution in [0.2, 0.25) is 0 Å². The van der Waals surface area contributed by atoms with Crippen molar-refractivity contribution in [3.8, 4) is 0 Å². The fourth-order valence-electron chi connectivity index (χ4n) is 1.71. The van der Waals surface area contributed by atoms with Crippen LogP contribution < -0.4 is 0 Å². The van der Waals surface area contributed by atoms with E-state index in [-0.39, 0.29) is 0 Å². The molecule has 0 aromatic heterocycles. The SMILES string of the molecule is C/C=C\[C@H]1CCC[C@H]1C. The van der Waals surface area contributed by atoms with Crippen LogP contribution in [0.5, 0.6) is 0 Å². The van der Waals surface area contributed by atoms with Crippen molar-refractivity contribution in [2.75, 3.05) is 0 Å². The Morgan fingerprint density at radius 2 is 2.11 bits per heavy atom. The van der Waals surface area contributed by atoms with Crippen molar-refractivity contribution in [3.63, 3.8) is 0 Å². The van der Waals surface area contributed by atoms with Crippen LogP contribution in [0.4, 0.5) is 0 Å². The van der Waals surface area contributed by atoms with Gasteiger partial charge in [0.05, 0.1) is 0 Å². The zero-order valence-corrected chi connectivity index (χ0v) is 6.43. The lowest BCUT2D eigenvalue weighted by Crippen LogP contribution is -1.98. The Hall–Kier alpha value is -0.260. The van der Waals surface area contributed by atoms with Crippen molar-refractivity contribution in [1.29, 1.82) is 0 Å². The van der Waals surface area contributed by atoms with E-state index in [1.54, 1.807) is 0 Å². The molecular formula is C9H16. The number of hydrogen-bond donors (Lipinski definition) is 0. The summed E-state index contributed by atoms with van der Waals surface area (Å²) < 4.78 is 0. The highest BCUT2D eigenvalue weighted by Crippen LogP contribution is 2.31. The molecule has 0 heteroatoms. The van der Waals surface area contributed by atoms with Crippen LogP contribution in [-0.2, 0) is 0 Å². The van der Waals surface area contributed by atoms with Gasteiger partial charge in [-0.1, -0.05) is 31.9 Å². The minimum absolute atomic E-state index is 0.898. The van der Waals surface area contributed by atoms with E-state index in [9.17, 15) is 0 Å². The largest absolute Gasteiger partial charge is 0.0914 e. The number of allylic oxidation sites excluding steroid dienone is 2. The van der Waals surface area contributed by atoms with Crippen LogP contribution in [0.25, 0.3) is 0 Å². The second kappa shape index (κ2) is 3.05. The highest BCUT2D eigenvalue weighted by Gasteiger charge is 2.19. The molecule has 0 amide bonds. The lowest BCUT2D eigenvalue weighted by atomic mass is 9.98.